The Bertz CT molecular complexity index is 534. The van der Waals surface area contributed by atoms with Crippen LogP contribution in [0.4, 0.5) is 17.5 Å². The van der Waals surface area contributed by atoms with Crippen molar-refractivity contribution in [2.75, 3.05) is 11.1 Å². The molecule has 0 aliphatic rings. The maximum atomic E-state index is 5.61. The monoisotopic (exact) mass is 292 g/mol. The van der Waals surface area contributed by atoms with E-state index in [0.717, 1.165) is 15.9 Å². The Balaban J connectivity index is 2.34. The lowest BCUT2D eigenvalue weighted by molar-refractivity contribution is 1.12. The van der Waals surface area contributed by atoms with E-state index in [0.29, 0.717) is 5.82 Å². The second-order valence-electron chi connectivity index (χ2n) is 3.86. The van der Waals surface area contributed by atoms with Crippen molar-refractivity contribution >= 4 is 33.4 Å². The SMILES string of the molecule is Cc1ccc(Br)c(Nc2cc(C)nc(N)n2)c1. The van der Waals surface area contributed by atoms with E-state index in [1.54, 1.807) is 0 Å². The average molecular weight is 293 g/mol. The summed E-state index contributed by atoms with van der Waals surface area (Å²) < 4.78 is 0.984. The molecule has 0 bridgehead atoms. The summed E-state index contributed by atoms with van der Waals surface area (Å²) in [5, 5.41) is 3.22. The fraction of sp³-hybridized carbons (Fsp3) is 0.167. The van der Waals surface area contributed by atoms with Crippen molar-refractivity contribution in [1.29, 1.82) is 0 Å². The van der Waals surface area contributed by atoms with Crippen LogP contribution < -0.4 is 11.1 Å². The van der Waals surface area contributed by atoms with E-state index >= 15 is 0 Å². The first kappa shape index (κ1) is 11.9. The average Bonchev–Trinajstić information content (AvgIpc) is 2.22. The first-order valence-corrected chi connectivity index (χ1v) is 5.98. The zero-order chi connectivity index (χ0) is 12.4. The van der Waals surface area contributed by atoms with Crippen LogP contribution in [0.2, 0.25) is 0 Å². The summed E-state index contributed by atoms with van der Waals surface area (Å²) in [4.78, 5) is 8.17. The van der Waals surface area contributed by atoms with Crippen LogP contribution in [0, 0.1) is 13.8 Å². The fourth-order valence-corrected chi connectivity index (χ4v) is 1.87. The number of hydrogen-bond donors (Lipinski definition) is 2. The van der Waals surface area contributed by atoms with Crippen molar-refractivity contribution in [2.24, 2.45) is 0 Å². The molecule has 5 heteroatoms. The predicted octanol–water partition coefficient (Wildman–Crippen LogP) is 3.18. The second-order valence-corrected chi connectivity index (χ2v) is 4.72. The van der Waals surface area contributed by atoms with Gasteiger partial charge >= 0.3 is 0 Å². The van der Waals surface area contributed by atoms with E-state index in [4.69, 9.17) is 5.73 Å². The molecule has 88 valence electrons. The van der Waals surface area contributed by atoms with E-state index < -0.39 is 0 Å². The van der Waals surface area contributed by atoms with Gasteiger partial charge in [0.15, 0.2) is 0 Å². The lowest BCUT2D eigenvalue weighted by Crippen LogP contribution is -2.01. The Morgan fingerprint density at radius 3 is 2.65 bits per heavy atom. The third-order valence-corrected chi connectivity index (χ3v) is 2.95. The Labute approximate surface area is 108 Å². The number of aromatic nitrogens is 2. The Morgan fingerprint density at radius 2 is 1.94 bits per heavy atom. The minimum atomic E-state index is 0.274. The summed E-state index contributed by atoms with van der Waals surface area (Å²) in [6.07, 6.45) is 0. The number of rotatable bonds is 2. The van der Waals surface area contributed by atoms with Crippen molar-refractivity contribution in [3.05, 3.63) is 40.0 Å². The number of halogens is 1. The van der Waals surface area contributed by atoms with Gasteiger partial charge < -0.3 is 11.1 Å². The topological polar surface area (TPSA) is 63.8 Å². The number of hydrogen-bond acceptors (Lipinski definition) is 4. The van der Waals surface area contributed by atoms with Gasteiger partial charge in [0.2, 0.25) is 5.95 Å². The van der Waals surface area contributed by atoms with Crippen LogP contribution >= 0.6 is 15.9 Å². The number of nitrogens with zero attached hydrogens (tertiary/aromatic N) is 2. The zero-order valence-electron chi connectivity index (χ0n) is 9.66. The van der Waals surface area contributed by atoms with Crippen molar-refractivity contribution in [1.82, 2.24) is 9.97 Å². The molecule has 17 heavy (non-hydrogen) atoms. The van der Waals surface area contributed by atoms with Crippen LogP contribution in [-0.2, 0) is 0 Å². The van der Waals surface area contributed by atoms with Gasteiger partial charge in [0.25, 0.3) is 0 Å². The largest absolute Gasteiger partial charge is 0.368 e. The first-order valence-electron chi connectivity index (χ1n) is 5.19. The van der Waals surface area contributed by atoms with Gasteiger partial charge in [-0.05, 0) is 47.5 Å². The van der Waals surface area contributed by atoms with Gasteiger partial charge in [-0.25, -0.2) is 4.98 Å². The molecule has 1 aromatic heterocycles. The molecule has 0 fully saturated rings. The third-order valence-electron chi connectivity index (χ3n) is 2.26. The number of nitrogen functional groups attached to an aromatic ring is 1. The molecule has 0 aliphatic carbocycles. The van der Waals surface area contributed by atoms with Crippen molar-refractivity contribution in [3.63, 3.8) is 0 Å². The minimum absolute atomic E-state index is 0.274. The fourth-order valence-electron chi connectivity index (χ4n) is 1.53. The van der Waals surface area contributed by atoms with Gasteiger partial charge in [0.1, 0.15) is 5.82 Å². The molecule has 3 N–H and O–H groups in total. The summed E-state index contributed by atoms with van der Waals surface area (Å²) >= 11 is 3.49. The number of benzene rings is 1. The molecule has 0 amide bonds. The van der Waals surface area contributed by atoms with Gasteiger partial charge in [-0.1, -0.05) is 6.07 Å². The molecule has 0 saturated carbocycles. The van der Waals surface area contributed by atoms with Crippen molar-refractivity contribution in [2.45, 2.75) is 13.8 Å². The lowest BCUT2D eigenvalue weighted by atomic mass is 10.2. The summed E-state index contributed by atoms with van der Waals surface area (Å²) in [7, 11) is 0. The highest BCUT2D eigenvalue weighted by molar-refractivity contribution is 9.10. The molecule has 0 spiro atoms. The van der Waals surface area contributed by atoms with E-state index in [2.05, 4.69) is 31.2 Å². The van der Waals surface area contributed by atoms with Gasteiger partial charge in [-0.15, -0.1) is 0 Å². The molecular weight excluding hydrogens is 280 g/mol. The molecule has 0 radical (unpaired) electrons. The Hall–Kier alpha value is -1.62. The highest BCUT2D eigenvalue weighted by Crippen LogP contribution is 2.26. The molecule has 0 unspecified atom stereocenters. The molecule has 0 aliphatic heterocycles. The van der Waals surface area contributed by atoms with E-state index in [9.17, 15) is 0 Å². The summed E-state index contributed by atoms with van der Waals surface area (Å²) in [6.45, 7) is 3.92. The second kappa shape index (κ2) is 4.71. The van der Waals surface area contributed by atoms with Gasteiger partial charge in [-0.2, -0.15) is 4.98 Å². The maximum Gasteiger partial charge on any atom is 0.222 e. The number of nitrogens with one attached hydrogen (secondary N) is 1. The minimum Gasteiger partial charge on any atom is -0.368 e. The standard InChI is InChI=1S/C12H13BrN4/c1-7-3-4-9(13)10(5-7)16-11-6-8(2)15-12(14)17-11/h3-6H,1-2H3,(H3,14,15,16,17). The third kappa shape index (κ3) is 2.94. The molecule has 1 aromatic carbocycles. The summed E-state index contributed by atoms with van der Waals surface area (Å²) in [5.74, 6) is 0.970. The number of nitrogens with two attached hydrogens (primary N) is 1. The van der Waals surface area contributed by atoms with E-state index in [1.165, 1.54) is 5.56 Å². The smallest absolute Gasteiger partial charge is 0.222 e. The highest BCUT2D eigenvalue weighted by Gasteiger charge is 2.03. The van der Waals surface area contributed by atoms with E-state index in [-0.39, 0.29) is 5.95 Å². The molecule has 4 nitrogen and oxygen atoms in total. The van der Waals surface area contributed by atoms with Gasteiger partial charge in [0, 0.05) is 16.2 Å². The number of anilines is 3. The number of aryl methyl sites for hydroxylation is 2. The van der Waals surface area contributed by atoms with Crippen LogP contribution in [-0.4, -0.2) is 9.97 Å². The van der Waals surface area contributed by atoms with Crippen molar-refractivity contribution < 1.29 is 0 Å². The van der Waals surface area contributed by atoms with Gasteiger partial charge in [0.05, 0.1) is 5.69 Å². The molecule has 0 saturated heterocycles. The predicted molar refractivity (Wildman–Crippen MR) is 73.3 cm³/mol. The van der Waals surface area contributed by atoms with Crippen LogP contribution in [0.15, 0.2) is 28.7 Å². The molecule has 2 rings (SSSR count). The van der Waals surface area contributed by atoms with Crippen LogP contribution in [0.3, 0.4) is 0 Å². The zero-order valence-corrected chi connectivity index (χ0v) is 11.2. The van der Waals surface area contributed by atoms with Crippen LogP contribution in [0.1, 0.15) is 11.3 Å². The lowest BCUT2D eigenvalue weighted by Gasteiger charge is -2.09. The Morgan fingerprint density at radius 1 is 1.18 bits per heavy atom. The highest BCUT2D eigenvalue weighted by atomic mass is 79.9. The van der Waals surface area contributed by atoms with Crippen LogP contribution in [0.25, 0.3) is 0 Å². The summed E-state index contributed by atoms with van der Waals surface area (Å²) in [5.41, 5.74) is 8.58. The maximum absolute atomic E-state index is 5.61. The van der Waals surface area contributed by atoms with E-state index in [1.807, 2.05) is 38.1 Å². The first-order chi connectivity index (χ1) is 8.04. The molecule has 0 atom stereocenters. The van der Waals surface area contributed by atoms with Crippen molar-refractivity contribution in [3.8, 4) is 0 Å². The molecular formula is C12H13BrN4. The van der Waals surface area contributed by atoms with Crippen LogP contribution in [0.5, 0.6) is 0 Å². The normalized spacial score (nSPS) is 10.3. The Kier molecular flexibility index (Phi) is 3.28. The summed E-state index contributed by atoms with van der Waals surface area (Å²) in [6, 6.07) is 7.92. The molecule has 1 heterocycles. The van der Waals surface area contributed by atoms with Gasteiger partial charge in [-0.3, -0.25) is 0 Å². The quantitative estimate of drug-likeness (QED) is 0.892. The molecule has 2 aromatic rings.